The number of hydrogen-bond donors (Lipinski definition) is 1. The lowest BCUT2D eigenvalue weighted by molar-refractivity contribution is 0.000504. The van der Waals surface area contributed by atoms with E-state index in [1.165, 1.54) is 6.42 Å². The van der Waals surface area contributed by atoms with E-state index in [1.807, 2.05) is 6.92 Å². The SMILES string of the molecule is C=C1C(=NOC(=O)NCC)CC2CC1C2(C)C. The maximum Gasteiger partial charge on any atom is 0.433 e. The molecule has 2 atom stereocenters. The molecule has 0 saturated heterocycles. The van der Waals surface area contributed by atoms with Gasteiger partial charge in [0.05, 0.1) is 5.71 Å². The largest absolute Gasteiger partial charge is 0.433 e. The predicted octanol–water partition coefficient (Wildman–Crippen LogP) is 2.71. The zero-order chi connectivity index (χ0) is 12.6. The number of nitrogens with one attached hydrogen (secondary N) is 1. The van der Waals surface area contributed by atoms with Crippen LogP contribution in [-0.2, 0) is 4.84 Å². The van der Waals surface area contributed by atoms with Crippen LogP contribution in [-0.4, -0.2) is 18.3 Å². The number of nitrogens with zero attached hydrogens (tertiary/aromatic N) is 1. The van der Waals surface area contributed by atoms with Crippen molar-refractivity contribution >= 4 is 11.8 Å². The van der Waals surface area contributed by atoms with Gasteiger partial charge >= 0.3 is 6.09 Å². The van der Waals surface area contributed by atoms with E-state index in [9.17, 15) is 4.79 Å². The quantitative estimate of drug-likeness (QED) is 0.592. The van der Waals surface area contributed by atoms with Gasteiger partial charge in [-0.1, -0.05) is 25.6 Å². The Balaban J connectivity index is 1.99. The molecule has 3 aliphatic rings. The van der Waals surface area contributed by atoms with Gasteiger partial charge in [0.2, 0.25) is 0 Å². The second-order valence-electron chi connectivity index (χ2n) is 5.48. The van der Waals surface area contributed by atoms with Gasteiger partial charge in [-0.2, -0.15) is 0 Å². The second-order valence-corrected chi connectivity index (χ2v) is 5.48. The number of allylic oxidation sites excluding steroid dienone is 1. The highest BCUT2D eigenvalue weighted by molar-refractivity contribution is 6.02. The monoisotopic (exact) mass is 236 g/mol. The summed E-state index contributed by atoms with van der Waals surface area (Å²) in [5.41, 5.74) is 2.24. The molecule has 2 bridgehead atoms. The van der Waals surface area contributed by atoms with Crippen molar-refractivity contribution in [1.29, 1.82) is 0 Å². The molecule has 3 saturated carbocycles. The maximum absolute atomic E-state index is 11.1. The molecule has 1 amide bonds. The highest BCUT2D eigenvalue weighted by Crippen LogP contribution is 2.59. The molecule has 0 spiro atoms. The Hall–Kier alpha value is -1.32. The van der Waals surface area contributed by atoms with Crippen molar-refractivity contribution < 1.29 is 9.63 Å². The van der Waals surface area contributed by atoms with Gasteiger partial charge in [0.15, 0.2) is 0 Å². The summed E-state index contributed by atoms with van der Waals surface area (Å²) >= 11 is 0. The molecule has 0 aromatic heterocycles. The van der Waals surface area contributed by atoms with Crippen LogP contribution in [0.15, 0.2) is 17.3 Å². The molecule has 4 nitrogen and oxygen atoms in total. The molecular weight excluding hydrogens is 216 g/mol. The van der Waals surface area contributed by atoms with Gasteiger partial charge in [0.1, 0.15) is 0 Å². The van der Waals surface area contributed by atoms with Gasteiger partial charge in [-0.25, -0.2) is 4.79 Å². The molecule has 3 rings (SSSR count). The first-order valence-corrected chi connectivity index (χ1v) is 6.17. The van der Waals surface area contributed by atoms with Crippen molar-refractivity contribution in [2.24, 2.45) is 22.4 Å². The maximum atomic E-state index is 11.1. The van der Waals surface area contributed by atoms with Gasteiger partial charge in [0.25, 0.3) is 0 Å². The fraction of sp³-hybridized carbons (Fsp3) is 0.692. The van der Waals surface area contributed by atoms with Crippen molar-refractivity contribution in [1.82, 2.24) is 5.32 Å². The van der Waals surface area contributed by atoms with Crippen molar-refractivity contribution in [2.45, 2.75) is 33.6 Å². The van der Waals surface area contributed by atoms with Crippen LogP contribution in [0.4, 0.5) is 4.79 Å². The van der Waals surface area contributed by atoms with E-state index >= 15 is 0 Å². The van der Waals surface area contributed by atoms with Crippen molar-refractivity contribution in [3.63, 3.8) is 0 Å². The summed E-state index contributed by atoms with van der Waals surface area (Å²) in [4.78, 5) is 15.9. The van der Waals surface area contributed by atoms with E-state index in [1.54, 1.807) is 0 Å². The zero-order valence-corrected chi connectivity index (χ0v) is 10.7. The number of carbonyl (C=O) groups is 1. The number of rotatable bonds is 2. The van der Waals surface area contributed by atoms with E-state index in [0.29, 0.717) is 23.8 Å². The van der Waals surface area contributed by atoms with E-state index in [0.717, 1.165) is 17.7 Å². The van der Waals surface area contributed by atoms with Crippen LogP contribution in [0.25, 0.3) is 0 Å². The molecule has 17 heavy (non-hydrogen) atoms. The minimum Gasteiger partial charge on any atom is -0.320 e. The lowest BCUT2D eigenvalue weighted by Gasteiger charge is -2.57. The molecule has 0 aromatic rings. The van der Waals surface area contributed by atoms with Crippen LogP contribution in [0.1, 0.15) is 33.6 Å². The van der Waals surface area contributed by atoms with Crippen LogP contribution < -0.4 is 5.32 Å². The number of hydrogen-bond acceptors (Lipinski definition) is 3. The minimum absolute atomic E-state index is 0.335. The van der Waals surface area contributed by atoms with Gasteiger partial charge in [0, 0.05) is 6.54 Å². The summed E-state index contributed by atoms with van der Waals surface area (Å²) in [6.07, 6.45) is 1.58. The van der Waals surface area contributed by atoms with Crippen molar-refractivity contribution in [2.75, 3.05) is 6.54 Å². The van der Waals surface area contributed by atoms with Crippen LogP contribution in [0.5, 0.6) is 0 Å². The normalized spacial score (nSPS) is 31.9. The highest BCUT2D eigenvalue weighted by atomic mass is 16.7. The summed E-state index contributed by atoms with van der Waals surface area (Å²) in [6.45, 7) is 11.0. The first-order chi connectivity index (χ1) is 7.96. The average molecular weight is 236 g/mol. The van der Waals surface area contributed by atoms with E-state index < -0.39 is 6.09 Å². The molecule has 4 heteroatoms. The first kappa shape index (κ1) is 12.1. The molecule has 0 aliphatic heterocycles. The van der Waals surface area contributed by atoms with Crippen LogP contribution in [0, 0.1) is 17.3 Å². The molecule has 0 heterocycles. The summed E-state index contributed by atoms with van der Waals surface area (Å²) in [5, 5.41) is 6.47. The third-order valence-corrected chi connectivity index (χ3v) is 4.26. The lowest BCUT2D eigenvalue weighted by Crippen LogP contribution is -2.52. The number of carbonyl (C=O) groups excluding carboxylic acids is 1. The van der Waals surface area contributed by atoms with Gasteiger partial charge in [-0.15, -0.1) is 0 Å². The zero-order valence-electron chi connectivity index (χ0n) is 10.7. The molecule has 3 fully saturated rings. The van der Waals surface area contributed by atoms with Crippen LogP contribution >= 0.6 is 0 Å². The Morgan fingerprint density at radius 3 is 2.88 bits per heavy atom. The third kappa shape index (κ3) is 1.96. The highest BCUT2D eigenvalue weighted by Gasteiger charge is 2.54. The van der Waals surface area contributed by atoms with Gasteiger partial charge < -0.3 is 5.32 Å². The minimum atomic E-state index is -0.494. The lowest BCUT2D eigenvalue weighted by atomic mass is 9.47. The van der Waals surface area contributed by atoms with Crippen molar-refractivity contribution in [3.05, 3.63) is 12.2 Å². The van der Waals surface area contributed by atoms with Gasteiger partial charge in [-0.3, -0.25) is 4.84 Å². The predicted molar refractivity (Wildman–Crippen MR) is 66.7 cm³/mol. The summed E-state index contributed by atoms with van der Waals surface area (Å²) in [7, 11) is 0. The molecule has 94 valence electrons. The summed E-state index contributed by atoms with van der Waals surface area (Å²) in [5.74, 6) is 1.15. The Morgan fingerprint density at radius 1 is 1.65 bits per heavy atom. The second kappa shape index (κ2) is 4.17. The standard InChI is InChI=1S/C13H20N2O2/c1-5-14-12(16)17-15-11-7-9-6-10(8(11)2)13(9,3)4/h9-10H,2,5-7H2,1,3-4H3,(H,14,16). The van der Waals surface area contributed by atoms with Gasteiger partial charge in [-0.05, 0) is 42.6 Å². The fourth-order valence-corrected chi connectivity index (χ4v) is 2.89. The smallest absolute Gasteiger partial charge is 0.320 e. The van der Waals surface area contributed by atoms with Crippen LogP contribution in [0.2, 0.25) is 0 Å². The number of amides is 1. The molecule has 1 N–H and O–H groups in total. The summed E-state index contributed by atoms with van der Waals surface area (Å²) < 4.78 is 0. The number of oxime groups is 1. The average Bonchev–Trinajstić information content (AvgIpc) is 2.27. The Labute approximate surface area is 102 Å². The third-order valence-electron chi connectivity index (χ3n) is 4.26. The molecule has 0 radical (unpaired) electrons. The molecule has 2 unspecified atom stereocenters. The molecule has 3 aliphatic carbocycles. The Morgan fingerprint density at radius 2 is 2.35 bits per heavy atom. The Kier molecular flexibility index (Phi) is 2.98. The summed E-state index contributed by atoms with van der Waals surface area (Å²) in [6, 6.07) is 0. The number of fused-ring (bicyclic) bond motifs is 2. The van der Waals surface area contributed by atoms with Crippen LogP contribution in [0.3, 0.4) is 0 Å². The Bertz CT molecular complexity index is 385. The fourth-order valence-electron chi connectivity index (χ4n) is 2.89. The first-order valence-electron chi connectivity index (χ1n) is 6.17. The van der Waals surface area contributed by atoms with E-state index in [4.69, 9.17) is 4.84 Å². The van der Waals surface area contributed by atoms with E-state index in [-0.39, 0.29) is 0 Å². The topological polar surface area (TPSA) is 50.7 Å². The van der Waals surface area contributed by atoms with E-state index in [2.05, 4.69) is 30.9 Å². The molecule has 0 aromatic carbocycles. The molecular formula is C13H20N2O2. The van der Waals surface area contributed by atoms with Crippen molar-refractivity contribution in [3.8, 4) is 0 Å².